The molecule has 0 N–H and O–H groups in total. The molecular formula is C51H33N. The van der Waals surface area contributed by atoms with Crippen molar-refractivity contribution in [3.05, 3.63) is 194 Å². The van der Waals surface area contributed by atoms with Gasteiger partial charge in [0.25, 0.3) is 0 Å². The van der Waals surface area contributed by atoms with Crippen LogP contribution in [0.25, 0.3) is 87.2 Å². The first-order chi connectivity index (χ1) is 25.8. The molecule has 1 heterocycles. The van der Waals surface area contributed by atoms with Crippen molar-refractivity contribution in [2.24, 2.45) is 0 Å². The fourth-order valence-electron chi connectivity index (χ4n) is 8.93. The number of nitrogens with zero attached hydrogens (tertiary/aromatic N) is 1. The smallest absolute Gasteiger partial charge is 0.0494 e. The van der Waals surface area contributed by atoms with Crippen molar-refractivity contribution < 1.29 is 0 Å². The van der Waals surface area contributed by atoms with Crippen LogP contribution >= 0.6 is 0 Å². The molecule has 0 radical (unpaired) electrons. The lowest BCUT2D eigenvalue weighted by Crippen LogP contribution is -2.22. The van der Waals surface area contributed by atoms with Gasteiger partial charge in [-0.2, -0.15) is 0 Å². The molecule has 1 nitrogen and oxygen atoms in total. The van der Waals surface area contributed by atoms with Crippen molar-refractivity contribution in [1.82, 2.24) is 0 Å². The average molecular weight is 660 g/mol. The Morgan fingerprint density at radius 3 is 1.46 bits per heavy atom. The first-order valence-electron chi connectivity index (χ1n) is 18.1. The van der Waals surface area contributed by atoms with E-state index in [4.69, 9.17) is 0 Å². The summed E-state index contributed by atoms with van der Waals surface area (Å²) in [5.74, 6) is 0. The summed E-state index contributed by atoms with van der Waals surface area (Å²) in [6, 6.07) is 69.5. The average Bonchev–Trinajstić information content (AvgIpc) is 3.23. The molecule has 0 atom stereocenters. The number of para-hydroxylation sites is 1. The van der Waals surface area contributed by atoms with Crippen LogP contribution in [0.1, 0.15) is 5.56 Å². The summed E-state index contributed by atoms with van der Waals surface area (Å²) >= 11 is 0. The van der Waals surface area contributed by atoms with Crippen LogP contribution in [0.2, 0.25) is 0 Å². The highest BCUT2D eigenvalue weighted by atomic mass is 15.1. The molecule has 0 fully saturated rings. The highest BCUT2D eigenvalue weighted by Gasteiger charge is 2.25. The zero-order chi connectivity index (χ0) is 34.2. The van der Waals surface area contributed by atoms with Crippen LogP contribution in [-0.2, 0) is 6.54 Å². The topological polar surface area (TPSA) is 3.24 Å². The maximum Gasteiger partial charge on any atom is 0.0494 e. The SMILES string of the molecule is c1ccc(-c2ccccc2N2Cc3ccccc3-c3cc(-c4ccc5c6ccccc6c6c7ccccc7c7ccccc7c6c5c4)ccc32)cc1. The van der Waals surface area contributed by atoms with Crippen molar-refractivity contribution >= 4 is 65.2 Å². The molecule has 1 heteroatoms. The lowest BCUT2D eigenvalue weighted by molar-refractivity contribution is 0.962. The summed E-state index contributed by atoms with van der Waals surface area (Å²) in [5, 5.41) is 13.1. The third-order valence-corrected chi connectivity index (χ3v) is 11.2. The molecule has 1 aliphatic heterocycles. The zero-order valence-electron chi connectivity index (χ0n) is 28.6. The molecule has 0 aliphatic carbocycles. The van der Waals surface area contributed by atoms with Gasteiger partial charge in [0.05, 0.1) is 0 Å². The third kappa shape index (κ3) is 4.30. The van der Waals surface area contributed by atoms with Gasteiger partial charge in [-0.25, -0.2) is 0 Å². The van der Waals surface area contributed by atoms with Gasteiger partial charge < -0.3 is 4.90 Å². The van der Waals surface area contributed by atoms with Crippen LogP contribution < -0.4 is 4.90 Å². The second-order valence-electron chi connectivity index (χ2n) is 14.0. The molecule has 0 amide bonds. The lowest BCUT2D eigenvalue weighted by atomic mass is 9.85. The Morgan fingerprint density at radius 2 is 0.769 bits per heavy atom. The van der Waals surface area contributed by atoms with Gasteiger partial charge >= 0.3 is 0 Å². The Bertz CT molecular complexity index is 3030. The van der Waals surface area contributed by atoms with Gasteiger partial charge in [-0.05, 0) is 106 Å². The fraction of sp³-hybridized carbons (Fsp3) is 0.0196. The number of fused-ring (bicyclic) bond motifs is 14. The van der Waals surface area contributed by atoms with Gasteiger partial charge in [-0.3, -0.25) is 0 Å². The number of rotatable bonds is 3. The van der Waals surface area contributed by atoms with Crippen LogP contribution in [-0.4, -0.2) is 0 Å². The van der Waals surface area contributed by atoms with E-state index in [9.17, 15) is 0 Å². The molecule has 52 heavy (non-hydrogen) atoms. The van der Waals surface area contributed by atoms with Crippen LogP contribution in [0.4, 0.5) is 11.4 Å². The van der Waals surface area contributed by atoms with E-state index in [0.29, 0.717) is 0 Å². The molecule has 0 bridgehead atoms. The third-order valence-electron chi connectivity index (χ3n) is 11.2. The first-order valence-corrected chi connectivity index (χ1v) is 18.1. The van der Waals surface area contributed by atoms with E-state index >= 15 is 0 Å². The van der Waals surface area contributed by atoms with Gasteiger partial charge in [0.15, 0.2) is 0 Å². The second-order valence-corrected chi connectivity index (χ2v) is 14.0. The zero-order valence-corrected chi connectivity index (χ0v) is 28.6. The largest absolute Gasteiger partial charge is 0.336 e. The van der Waals surface area contributed by atoms with Gasteiger partial charge in [0, 0.05) is 29.0 Å². The summed E-state index contributed by atoms with van der Waals surface area (Å²) < 4.78 is 0. The van der Waals surface area contributed by atoms with Crippen molar-refractivity contribution in [3.8, 4) is 33.4 Å². The van der Waals surface area contributed by atoms with Crippen molar-refractivity contribution in [1.29, 1.82) is 0 Å². The van der Waals surface area contributed by atoms with E-state index in [-0.39, 0.29) is 0 Å². The van der Waals surface area contributed by atoms with Crippen LogP contribution in [0.5, 0.6) is 0 Å². The summed E-state index contributed by atoms with van der Waals surface area (Å²) in [7, 11) is 0. The molecule has 0 spiro atoms. The molecule has 1 aliphatic rings. The van der Waals surface area contributed by atoms with Gasteiger partial charge in [0.2, 0.25) is 0 Å². The Labute approximate surface area is 302 Å². The maximum absolute atomic E-state index is 2.50. The lowest BCUT2D eigenvalue weighted by Gasteiger charge is -2.34. The normalized spacial score (nSPS) is 12.5. The Kier molecular flexibility index (Phi) is 6.38. The van der Waals surface area contributed by atoms with Crippen LogP contribution in [0.3, 0.4) is 0 Å². The minimum atomic E-state index is 0.822. The standard InChI is InChI=1S/C51H33N/c1-2-14-33(15-3-1)38-18-12-13-25-48(38)52-32-36-16-4-5-17-37(36)46-30-35(27-29-49(46)52)34-26-28-42-41-21-8-10-23-44(41)50-43-22-9-6-19-39(43)40-20-7-11-24-45(40)51(50)47(42)31-34/h1-31H,32H2. The molecule has 11 rings (SSSR count). The predicted octanol–water partition coefficient (Wildman–Crippen LogP) is 14.1. The van der Waals surface area contributed by atoms with E-state index < -0.39 is 0 Å². The first kappa shape index (κ1) is 29.1. The van der Waals surface area contributed by atoms with Gasteiger partial charge in [-0.1, -0.05) is 164 Å². The number of anilines is 2. The van der Waals surface area contributed by atoms with Crippen molar-refractivity contribution in [2.45, 2.75) is 6.54 Å². The van der Waals surface area contributed by atoms with E-state index in [1.807, 2.05) is 0 Å². The highest BCUT2D eigenvalue weighted by molar-refractivity contribution is 6.39. The van der Waals surface area contributed by atoms with Gasteiger partial charge in [0.1, 0.15) is 0 Å². The number of hydrogen-bond donors (Lipinski definition) is 0. The van der Waals surface area contributed by atoms with E-state index in [1.54, 1.807) is 0 Å². The van der Waals surface area contributed by atoms with E-state index in [2.05, 4.69) is 193 Å². The molecule has 10 aromatic rings. The second kappa shape index (κ2) is 11.4. The Hall–Kier alpha value is -6.70. The summed E-state index contributed by atoms with van der Waals surface area (Å²) in [5.41, 5.74) is 11.3. The molecule has 0 aromatic heterocycles. The molecule has 0 saturated heterocycles. The fourth-order valence-corrected chi connectivity index (χ4v) is 8.93. The van der Waals surface area contributed by atoms with Crippen molar-refractivity contribution in [3.63, 3.8) is 0 Å². The van der Waals surface area contributed by atoms with Crippen molar-refractivity contribution in [2.75, 3.05) is 4.90 Å². The quantitative estimate of drug-likeness (QED) is 0.171. The molecular weight excluding hydrogens is 627 g/mol. The molecule has 0 unspecified atom stereocenters. The minimum Gasteiger partial charge on any atom is -0.336 e. The number of hydrogen-bond acceptors (Lipinski definition) is 1. The van der Waals surface area contributed by atoms with Crippen LogP contribution in [0.15, 0.2) is 188 Å². The monoisotopic (exact) mass is 659 g/mol. The Morgan fingerprint density at radius 1 is 0.288 bits per heavy atom. The highest BCUT2D eigenvalue weighted by Crippen LogP contribution is 2.48. The number of benzene rings is 10. The maximum atomic E-state index is 2.50. The van der Waals surface area contributed by atoms with Gasteiger partial charge in [-0.15, -0.1) is 0 Å². The van der Waals surface area contributed by atoms with E-state index in [0.717, 1.165) is 6.54 Å². The van der Waals surface area contributed by atoms with Crippen LogP contribution in [0, 0.1) is 0 Å². The molecule has 0 saturated carbocycles. The van der Waals surface area contributed by atoms with E-state index in [1.165, 1.54) is 104 Å². The Balaban J connectivity index is 1.16. The summed E-state index contributed by atoms with van der Waals surface area (Å²) in [4.78, 5) is 2.50. The predicted molar refractivity (Wildman–Crippen MR) is 223 cm³/mol. The molecule has 242 valence electrons. The minimum absolute atomic E-state index is 0.822. The summed E-state index contributed by atoms with van der Waals surface area (Å²) in [6.45, 7) is 0.822. The summed E-state index contributed by atoms with van der Waals surface area (Å²) in [6.07, 6.45) is 0. The molecule has 10 aromatic carbocycles.